The third kappa shape index (κ3) is 2.88. The van der Waals surface area contributed by atoms with E-state index in [2.05, 4.69) is 16.8 Å². The van der Waals surface area contributed by atoms with Gasteiger partial charge in [0.2, 0.25) is 0 Å². The van der Waals surface area contributed by atoms with Gasteiger partial charge in [0.25, 0.3) is 5.91 Å². The highest BCUT2D eigenvalue weighted by Gasteiger charge is 2.44. The van der Waals surface area contributed by atoms with Gasteiger partial charge in [-0.15, -0.1) is 0 Å². The minimum Gasteiger partial charge on any atom is -0.496 e. The number of likely N-dealkylation sites (tertiary alicyclic amines) is 1. The van der Waals surface area contributed by atoms with Gasteiger partial charge in [0, 0.05) is 43.2 Å². The summed E-state index contributed by atoms with van der Waals surface area (Å²) in [6, 6.07) is 15.6. The molecule has 30 heavy (non-hydrogen) atoms. The van der Waals surface area contributed by atoms with E-state index in [9.17, 15) is 4.79 Å². The number of amides is 1. The number of methoxy groups -OCH3 is 1. The van der Waals surface area contributed by atoms with E-state index < -0.39 is 5.60 Å². The van der Waals surface area contributed by atoms with Crippen LogP contribution in [0.3, 0.4) is 0 Å². The minimum atomic E-state index is -0.464. The molecule has 2 aliphatic heterocycles. The summed E-state index contributed by atoms with van der Waals surface area (Å²) in [6.07, 6.45) is 3.48. The van der Waals surface area contributed by atoms with Crippen molar-refractivity contribution in [2.75, 3.05) is 20.2 Å². The first kappa shape index (κ1) is 19.1. The van der Waals surface area contributed by atoms with Crippen LogP contribution >= 0.6 is 11.6 Å². The maximum absolute atomic E-state index is 13.2. The zero-order valence-corrected chi connectivity index (χ0v) is 17.8. The van der Waals surface area contributed by atoms with Crippen molar-refractivity contribution < 1.29 is 14.3 Å². The van der Waals surface area contributed by atoms with Crippen LogP contribution in [0.15, 0.2) is 54.7 Å². The van der Waals surface area contributed by atoms with E-state index in [1.807, 2.05) is 54.3 Å². The van der Waals surface area contributed by atoms with Gasteiger partial charge in [0.05, 0.1) is 24.1 Å². The molecule has 2 aromatic carbocycles. The first-order valence-corrected chi connectivity index (χ1v) is 10.5. The van der Waals surface area contributed by atoms with Crippen LogP contribution in [0.1, 0.15) is 34.5 Å². The zero-order chi connectivity index (χ0) is 20.9. The number of para-hydroxylation sites is 1. The molecule has 1 amide bonds. The van der Waals surface area contributed by atoms with E-state index in [0.29, 0.717) is 42.3 Å². The summed E-state index contributed by atoms with van der Waals surface area (Å²) in [5.74, 6) is 1.43. The van der Waals surface area contributed by atoms with Gasteiger partial charge in [-0.2, -0.15) is 0 Å². The monoisotopic (exact) mass is 422 g/mol. The normalized spacial score (nSPS) is 16.6. The first-order chi connectivity index (χ1) is 14.5. The van der Waals surface area contributed by atoms with Gasteiger partial charge < -0.3 is 18.9 Å². The number of benzene rings is 2. The Balaban J connectivity index is 1.43. The maximum atomic E-state index is 13.2. The van der Waals surface area contributed by atoms with Crippen LogP contribution in [0.25, 0.3) is 5.69 Å². The average Bonchev–Trinajstić information content (AvgIpc) is 3.25. The number of hydrogen-bond acceptors (Lipinski definition) is 3. The molecule has 1 fully saturated rings. The Labute approximate surface area is 180 Å². The summed E-state index contributed by atoms with van der Waals surface area (Å²) < 4.78 is 14.2. The van der Waals surface area contributed by atoms with Gasteiger partial charge in [-0.1, -0.05) is 23.7 Å². The number of carbonyl (C=O) groups excluding carboxylic acids is 1. The van der Waals surface area contributed by atoms with Crippen LogP contribution in [0.2, 0.25) is 5.02 Å². The quantitative estimate of drug-likeness (QED) is 0.585. The molecule has 1 spiro atoms. The number of aryl methyl sites for hydroxylation is 1. The van der Waals surface area contributed by atoms with Crippen molar-refractivity contribution in [3.05, 3.63) is 76.6 Å². The molecule has 1 aromatic heterocycles. The van der Waals surface area contributed by atoms with Crippen molar-refractivity contribution in [1.82, 2.24) is 9.47 Å². The number of aromatic nitrogens is 1. The van der Waals surface area contributed by atoms with E-state index in [-0.39, 0.29) is 5.91 Å². The number of rotatable bonds is 2. The van der Waals surface area contributed by atoms with Crippen LogP contribution < -0.4 is 9.47 Å². The zero-order valence-electron chi connectivity index (χ0n) is 17.0. The fraction of sp³-hybridized carbons (Fsp3) is 0.292. The Morgan fingerprint density at radius 2 is 1.93 bits per heavy atom. The Morgan fingerprint density at radius 1 is 1.13 bits per heavy atom. The third-order valence-electron chi connectivity index (χ3n) is 6.21. The molecule has 2 aliphatic rings. The summed E-state index contributed by atoms with van der Waals surface area (Å²) in [7, 11) is 1.61. The second-order valence-corrected chi connectivity index (χ2v) is 8.36. The van der Waals surface area contributed by atoms with Crippen molar-refractivity contribution >= 4 is 17.5 Å². The van der Waals surface area contributed by atoms with Crippen LogP contribution in [0, 0.1) is 6.92 Å². The topological polar surface area (TPSA) is 43.7 Å². The Kier molecular flexibility index (Phi) is 4.51. The molecule has 1 saturated heterocycles. The molecule has 0 N–H and O–H groups in total. The van der Waals surface area contributed by atoms with E-state index in [1.54, 1.807) is 7.11 Å². The number of nitrogens with zero attached hydrogens (tertiary/aromatic N) is 2. The van der Waals surface area contributed by atoms with Gasteiger partial charge >= 0.3 is 0 Å². The molecule has 6 heteroatoms. The van der Waals surface area contributed by atoms with E-state index in [4.69, 9.17) is 21.1 Å². The average molecular weight is 423 g/mol. The molecule has 3 aromatic rings. The fourth-order valence-electron chi connectivity index (χ4n) is 4.69. The van der Waals surface area contributed by atoms with Crippen LogP contribution in [0.4, 0.5) is 0 Å². The summed E-state index contributed by atoms with van der Waals surface area (Å²) in [5.41, 5.74) is 3.22. The predicted octanol–water partition coefficient (Wildman–Crippen LogP) is 4.97. The Bertz CT molecular complexity index is 1130. The second-order valence-electron chi connectivity index (χ2n) is 7.92. The molecule has 0 atom stereocenters. The molecule has 154 valence electrons. The first-order valence-electron chi connectivity index (χ1n) is 10.1. The van der Waals surface area contributed by atoms with Gasteiger partial charge in [0.15, 0.2) is 5.60 Å². The highest BCUT2D eigenvalue weighted by Crippen LogP contribution is 2.46. The standard InChI is InChI=1S/C24H23ClN2O3/c1-16-5-3-6-18(22(16)29-2)23(28)26-13-10-24(11-14-26)21-7-4-12-27(21)19-9-8-17(25)15-20(19)30-24/h3-9,12,15H,10-11,13-14H2,1-2H3. The van der Waals surface area contributed by atoms with Gasteiger partial charge in [-0.05, 0) is 42.8 Å². The SMILES string of the molecule is COc1c(C)cccc1C(=O)N1CCC2(CC1)Oc1cc(Cl)ccc1-n1cccc12. The molecule has 0 radical (unpaired) electrons. The lowest BCUT2D eigenvalue weighted by Gasteiger charge is -2.45. The molecule has 5 rings (SSSR count). The van der Waals surface area contributed by atoms with Crippen molar-refractivity contribution in [2.45, 2.75) is 25.4 Å². The number of ether oxygens (including phenoxy) is 2. The summed E-state index contributed by atoms with van der Waals surface area (Å²) >= 11 is 6.22. The number of fused-ring (bicyclic) bond motifs is 4. The molecular weight excluding hydrogens is 400 g/mol. The largest absolute Gasteiger partial charge is 0.496 e. The highest BCUT2D eigenvalue weighted by atomic mass is 35.5. The smallest absolute Gasteiger partial charge is 0.257 e. The molecule has 0 unspecified atom stereocenters. The molecule has 0 saturated carbocycles. The fourth-order valence-corrected chi connectivity index (χ4v) is 4.85. The number of halogens is 1. The molecule has 5 nitrogen and oxygen atoms in total. The van der Waals surface area contributed by atoms with Crippen LogP contribution in [-0.2, 0) is 5.60 Å². The Hall–Kier alpha value is -2.92. The number of hydrogen-bond donors (Lipinski definition) is 0. The number of piperidine rings is 1. The van der Waals surface area contributed by atoms with Crippen molar-refractivity contribution in [1.29, 1.82) is 0 Å². The molecule has 0 aliphatic carbocycles. The lowest BCUT2D eigenvalue weighted by molar-refractivity contribution is -0.00936. The number of carbonyl (C=O) groups is 1. The second kappa shape index (κ2) is 7.10. The van der Waals surface area contributed by atoms with Gasteiger partial charge in [0.1, 0.15) is 11.5 Å². The van der Waals surface area contributed by atoms with E-state index in [1.165, 1.54) is 0 Å². The third-order valence-corrected chi connectivity index (χ3v) is 6.44. The lowest BCUT2D eigenvalue weighted by Crippen LogP contribution is -2.50. The summed E-state index contributed by atoms with van der Waals surface area (Å²) in [4.78, 5) is 15.1. The lowest BCUT2D eigenvalue weighted by atomic mass is 9.86. The molecule has 3 heterocycles. The highest BCUT2D eigenvalue weighted by molar-refractivity contribution is 6.30. The Morgan fingerprint density at radius 3 is 2.70 bits per heavy atom. The van der Waals surface area contributed by atoms with Crippen molar-refractivity contribution in [3.8, 4) is 17.2 Å². The maximum Gasteiger partial charge on any atom is 0.257 e. The summed E-state index contributed by atoms with van der Waals surface area (Å²) in [5, 5.41) is 0.652. The van der Waals surface area contributed by atoms with Crippen LogP contribution in [0.5, 0.6) is 11.5 Å². The molecule has 0 bridgehead atoms. The summed E-state index contributed by atoms with van der Waals surface area (Å²) in [6.45, 7) is 3.17. The van der Waals surface area contributed by atoms with Crippen molar-refractivity contribution in [3.63, 3.8) is 0 Å². The predicted molar refractivity (Wildman–Crippen MR) is 116 cm³/mol. The molecular formula is C24H23ClN2O3. The van der Waals surface area contributed by atoms with Crippen molar-refractivity contribution in [2.24, 2.45) is 0 Å². The van der Waals surface area contributed by atoms with E-state index in [0.717, 1.165) is 22.7 Å². The van der Waals surface area contributed by atoms with Gasteiger partial charge in [-0.25, -0.2) is 0 Å². The van der Waals surface area contributed by atoms with E-state index >= 15 is 0 Å². The van der Waals surface area contributed by atoms with Crippen LogP contribution in [-0.4, -0.2) is 35.6 Å². The minimum absolute atomic E-state index is 0.0000340. The van der Waals surface area contributed by atoms with Gasteiger partial charge in [-0.3, -0.25) is 4.79 Å².